The second-order valence-corrected chi connectivity index (χ2v) is 11.4. The van der Waals surface area contributed by atoms with Crippen LogP contribution in [-0.2, 0) is 0 Å². The lowest BCUT2D eigenvalue weighted by atomic mass is 10.0. The van der Waals surface area contributed by atoms with Crippen molar-refractivity contribution in [2.75, 3.05) is 0 Å². The molecule has 0 saturated carbocycles. The van der Waals surface area contributed by atoms with E-state index in [9.17, 15) is 0 Å². The Morgan fingerprint density at radius 1 is 0.250 bits per heavy atom. The number of pyridine rings is 3. The molecule has 4 aromatic carbocycles. The minimum Gasteiger partial charge on any atom is -0.255 e. The van der Waals surface area contributed by atoms with Crippen LogP contribution in [0.5, 0.6) is 0 Å². The first-order valence-electron chi connectivity index (χ1n) is 15.8. The second kappa shape index (κ2) is 13.0. The lowest BCUT2D eigenvalue weighted by Crippen LogP contribution is -1.96. The Balaban J connectivity index is 1.16. The van der Waals surface area contributed by atoms with Gasteiger partial charge >= 0.3 is 0 Å². The quantitative estimate of drug-likeness (QED) is 0.178. The molecule has 0 N–H and O–H groups in total. The van der Waals surface area contributed by atoms with E-state index in [0.717, 1.165) is 73.2 Å². The molecule has 8 aromatic rings. The van der Waals surface area contributed by atoms with E-state index < -0.39 is 0 Å². The van der Waals surface area contributed by atoms with Gasteiger partial charge in [0.2, 0.25) is 0 Å². The van der Waals surface area contributed by atoms with Crippen LogP contribution < -0.4 is 0 Å². The maximum Gasteiger partial charge on any atom is 0.160 e. The van der Waals surface area contributed by atoms with Gasteiger partial charge in [0, 0.05) is 28.5 Å². The third-order valence-corrected chi connectivity index (χ3v) is 8.18. The van der Waals surface area contributed by atoms with E-state index in [-0.39, 0.29) is 0 Å². The molecule has 0 atom stereocenters. The van der Waals surface area contributed by atoms with E-state index in [4.69, 9.17) is 19.9 Å². The van der Waals surface area contributed by atoms with Crippen LogP contribution in [0.4, 0.5) is 0 Å². The predicted molar refractivity (Wildman–Crippen MR) is 193 cm³/mol. The summed E-state index contributed by atoms with van der Waals surface area (Å²) in [6.07, 6.45) is 1.79. The Bertz CT molecular complexity index is 2190. The summed E-state index contributed by atoms with van der Waals surface area (Å²) < 4.78 is 0. The molecule has 0 aliphatic rings. The van der Waals surface area contributed by atoms with Gasteiger partial charge in [-0.2, -0.15) is 0 Å². The summed E-state index contributed by atoms with van der Waals surface area (Å²) in [6, 6.07) is 57.2. The average molecular weight is 616 g/mol. The van der Waals surface area contributed by atoms with Gasteiger partial charge in [0.25, 0.3) is 0 Å². The molecule has 4 heterocycles. The molecule has 5 nitrogen and oxygen atoms in total. The van der Waals surface area contributed by atoms with Gasteiger partial charge in [0.1, 0.15) is 0 Å². The maximum absolute atomic E-state index is 5.08. The summed E-state index contributed by atoms with van der Waals surface area (Å²) in [5.74, 6) is 0.695. The zero-order valence-corrected chi connectivity index (χ0v) is 26.0. The monoisotopic (exact) mass is 615 g/mol. The third-order valence-electron chi connectivity index (χ3n) is 8.18. The van der Waals surface area contributed by atoms with Gasteiger partial charge in [0.15, 0.2) is 5.82 Å². The number of hydrogen-bond acceptors (Lipinski definition) is 5. The Morgan fingerprint density at radius 3 is 1.35 bits per heavy atom. The molecule has 0 aliphatic carbocycles. The zero-order valence-electron chi connectivity index (χ0n) is 26.0. The van der Waals surface area contributed by atoms with Gasteiger partial charge < -0.3 is 0 Å². The van der Waals surface area contributed by atoms with Crippen molar-refractivity contribution < 1.29 is 0 Å². The van der Waals surface area contributed by atoms with Crippen molar-refractivity contribution in [3.63, 3.8) is 0 Å². The fourth-order valence-corrected chi connectivity index (χ4v) is 5.72. The Kier molecular flexibility index (Phi) is 7.83. The van der Waals surface area contributed by atoms with Gasteiger partial charge in [-0.25, -0.2) is 19.9 Å². The standard InChI is InChI=1S/C43H29N5/c1-4-13-30(14-5-1)35-27-41(37-19-10-11-26-44-37)46-42(28-35)38-21-12-20-36(45-38)32-22-24-33(25-23-32)40-29-39(31-15-6-2-7-16-31)47-43(48-40)34-17-8-3-9-18-34/h1-29H. The fraction of sp³-hybridized carbons (Fsp3) is 0. The smallest absolute Gasteiger partial charge is 0.160 e. The van der Waals surface area contributed by atoms with Crippen molar-refractivity contribution in [2.45, 2.75) is 0 Å². The van der Waals surface area contributed by atoms with Crippen molar-refractivity contribution in [1.29, 1.82) is 0 Å². The molecule has 4 aromatic heterocycles. The highest BCUT2D eigenvalue weighted by molar-refractivity contribution is 5.77. The minimum absolute atomic E-state index is 0.695. The predicted octanol–water partition coefficient (Wildman–Crippen LogP) is 10.3. The molecule has 48 heavy (non-hydrogen) atoms. The van der Waals surface area contributed by atoms with Crippen LogP contribution in [0.15, 0.2) is 176 Å². The van der Waals surface area contributed by atoms with E-state index >= 15 is 0 Å². The van der Waals surface area contributed by atoms with Gasteiger partial charge in [0.05, 0.1) is 39.9 Å². The van der Waals surface area contributed by atoms with Crippen LogP contribution in [-0.4, -0.2) is 24.9 Å². The molecule has 0 radical (unpaired) electrons. The van der Waals surface area contributed by atoms with Crippen molar-refractivity contribution in [1.82, 2.24) is 24.9 Å². The number of benzene rings is 4. The molecule has 0 aliphatic heterocycles. The summed E-state index contributed by atoms with van der Waals surface area (Å²) in [6.45, 7) is 0. The molecule has 0 bridgehead atoms. The molecule has 0 saturated heterocycles. The largest absolute Gasteiger partial charge is 0.255 e. The summed E-state index contributed by atoms with van der Waals surface area (Å²) in [5.41, 5.74) is 12.0. The van der Waals surface area contributed by atoms with Crippen LogP contribution in [0.2, 0.25) is 0 Å². The number of rotatable bonds is 7. The van der Waals surface area contributed by atoms with Crippen LogP contribution >= 0.6 is 0 Å². The first-order chi connectivity index (χ1) is 23.8. The van der Waals surface area contributed by atoms with E-state index in [2.05, 4.69) is 71.7 Å². The SMILES string of the molecule is c1ccc(-c2cc(-c3ccccn3)nc(-c3cccc(-c4ccc(-c5cc(-c6ccccc6)nc(-c6ccccc6)n5)cc4)n3)c2)cc1. The average Bonchev–Trinajstić information content (AvgIpc) is 3.19. The molecular formula is C43H29N5. The normalized spacial score (nSPS) is 10.9. The Hall–Kier alpha value is -6.59. The summed E-state index contributed by atoms with van der Waals surface area (Å²) in [7, 11) is 0. The van der Waals surface area contributed by atoms with Crippen LogP contribution in [0.25, 0.3) is 79.1 Å². The van der Waals surface area contributed by atoms with Crippen LogP contribution in [0.1, 0.15) is 0 Å². The number of hydrogen-bond donors (Lipinski definition) is 0. The lowest BCUT2D eigenvalue weighted by molar-refractivity contribution is 1.18. The Labute approximate surface area is 279 Å². The molecule has 0 spiro atoms. The van der Waals surface area contributed by atoms with Gasteiger partial charge in [-0.15, -0.1) is 0 Å². The first-order valence-corrected chi connectivity index (χ1v) is 15.8. The third kappa shape index (κ3) is 6.13. The summed E-state index contributed by atoms with van der Waals surface area (Å²) in [4.78, 5) is 24.6. The lowest BCUT2D eigenvalue weighted by Gasteiger charge is -2.11. The van der Waals surface area contributed by atoms with Gasteiger partial charge in [-0.1, -0.05) is 127 Å². The van der Waals surface area contributed by atoms with Crippen molar-refractivity contribution in [3.05, 3.63) is 176 Å². The van der Waals surface area contributed by atoms with E-state index in [1.54, 1.807) is 6.20 Å². The van der Waals surface area contributed by atoms with Crippen molar-refractivity contribution in [2.24, 2.45) is 0 Å². The molecular weight excluding hydrogens is 587 g/mol. The second-order valence-electron chi connectivity index (χ2n) is 11.4. The highest BCUT2D eigenvalue weighted by Gasteiger charge is 2.13. The van der Waals surface area contributed by atoms with E-state index in [1.165, 1.54) is 0 Å². The Morgan fingerprint density at radius 2 is 0.729 bits per heavy atom. The molecule has 0 fully saturated rings. The summed E-state index contributed by atoms with van der Waals surface area (Å²) >= 11 is 0. The molecule has 5 heteroatoms. The van der Waals surface area contributed by atoms with Crippen molar-refractivity contribution >= 4 is 0 Å². The molecule has 0 amide bonds. The van der Waals surface area contributed by atoms with Gasteiger partial charge in [-0.05, 0) is 53.6 Å². The zero-order chi connectivity index (χ0) is 32.1. The number of nitrogens with zero attached hydrogens (tertiary/aromatic N) is 5. The summed E-state index contributed by atoms with van der Waals surface area (Å²) in [5, 5.41) is 0. The molecule has 8 rings (SSSR count). The highest BCUT2D eigenvalue weighted by atomic mass is 14.9. The van der Waals surface area contributed by atoms with Gasteiger partial charge in [-0.3, -0.25) is 4.98 Å². The molecule has 0 unspecified atom stereocenters. The fourth-order valence-electron chi connectivity index (χ4n) is 5.72. The maximum atomic E-state index is 5.08. The number of aromatic nitrogens is 5. The first kappa shape index (κ1) is 28.9. The molecule has 226 valence electrons. The van der Waals surface area contributed by atoms with E-state index in [1.807, 2.05) is 103 Å². The van der Waals surface area contributed by atoms with Crippen molar-refractivity contribution in [3.8, 4) is 79.1 Å². The van der Waals surface area contributed by atoms with Crippen LogP contribution in [0, 0.1) is 0 Å². The topological polar surface area (TPSA) is 64.5 Å². The van der Waals surface area contributed by atoms with Crippen LogP contribution in [0.3, 0.4) is 0 Å². The van der Waals surface area contributed by atoms with E-state index in [0.29, 0.717) is 5.82 Å². The highest BCUT2D eigenvalue weighted by Crippen LogP contribution is 2.32. The minimum atomic E-state index is 0.695.